The predicted octanol–water partition coefficient (Wildman–Crippen LogP) is 3.29. The Balaban J connectivity index is 3.14. The van der Waals surface area contributed by atoms with Crippen LogP contribution in [0.15, 0.2) is 16.6 Å². The summed E-state index contributed by atoms with van der Waals surface area (Å²) in [5.41, 5.74) is 0.787. The Morgan fingerprint density at radius 1 is 1.33 bits per heavy atom. The summed E-state index contributed by atoms with van der Waals surface area (Å²) in [7, 11) is 0. The minimum absolute atomic E-state index is 0.0515. The summed E-state index contributed by atoms with van der Waals surface area (Å²) in [6.07, 6.45) is 0.483. The molecule has 0 fully saturated rings. The predicted molar refractivity (Wildman–Crippen MR) is 55.0 cm³/mol. The molecule has 0 aliphatic carbocycles. The van der Waals surface area contributed by atoms with Gasteiger partial charge in [0.1, 0.15) is 0 Å². The second-order valence-electron chi connectivity index (χ2n) is 2.30. The highest BCUT2D eigenvalue weighted by molar-refractivity contribution is 9.10. The first-order valence-electron chi connectivity index (χ1n) is 3.40. The van der Waals surface area contributed by atoms with Crippen molar-refractivity contribution < 1.29 is 5.11 Å². The van der Waals surface area contributed by atoms with Crippen LogP contribution in [0.2, 0.25) is 10.0 Å². The molecular weight excluding hydrogens is 263 g/mol. The van der Waals surface area contributed by atoms with Gasteiger partial charge in [0, 0.05) is 16.1 Å². The van der Waals surface area contributed by atoms with Crippen LogP contribution in [0.4, 0.5) is 0 Å². The molecule has 0 amide bonds. The lowest BCUT2D eigenvalue weighted by atomic mass is 10.1. The maximum atomic E-state index is 8.73. The maximum Gasteiger partial charge on any atom is 0.0595 e. The first-order valence-corrected chi connectivity index (χ1v) is 4.95. The number of aliphatic hydroxyl groups excluding tert-OH is 1. The Morgan fingerprint density at radius 3 is 2.58 bits per heavy atom. The standard InChI is InChI=1S/C8H7BrCl2O/c9-6-1-2-7(10)5(3-4-12)8(6)11/h1-2,12H,3-4H2. The van der Waals surface area contributed by atoms with Crippen LogP contribution in [-0.4, -0.2) is 11.7 Å². The average Bonchev–Trinajstić information content (AvgIpc) is 2.06. The van der Waals surface area contributed by atoms with E-state index in [1.54, 1.807) is 12.1 Å². The summed E-state index contributed by atoms with van der Waals surface area (Å²) < 4.78 is 0.803. The summed E-state index contributed by atoms with van der Waals surface area (Å²) in [6, 6.07) is 3.54. The number of aliphatic hydroxyl groups is 1. The van der Waals surface area contributed by atoms with Crippen molar-refractivity contribution in [2.75, 3.05) is 6.61 Å². The van der Waals surface area contributed by atoms with Gasteiger partial charge in [-0.1, -0.05) is 23.2 Å². The van der Waals surface area contributed by atoms with E-state index in [1.807, 2.05) is 0 Å². The van der Waals surface area contributed by atoms with Gasteiger partial charge in [0.15, 0.2) is 0 Å². The first-order chi connectivity index (χ1) is 5.66. The zero-order chi connectivity index (χ0) is 9.14. The van der Waals surface area contributed by atoms with E-state index in [1.165, 1.54) is 0 Å². The molecule has 0 aliphatic heterocycles. The smallest absolute Gasteiger partial charge is 0.0595 e. The molecule has 1 N–H and O–H groups in total. The van der Waals surface area contributed by atoms with Crippen LogP contribution in [0.3, 0.4) is 0 Å². The topological polar surface area (TPSA) is 20.2 Å². The Kier molecular flexibility index (Phi) is 3.84. The molecule has 0 bridgehead atoms. The van der Waals surface area contributed by atoms with Gasteiger partial charge in [0.2, 0.25) is 0 Å². The molecule has 4 heteroatoms. The normalized spacial score (nSPS) is 10.3. The van der Waals surface area contributed by atoms with Crippen molar-refractivity contribution in [3.8, 4) is 0 Å². The molecule has 0 atom stereocenters. The summed E-state index contributed by atoms with van der Waals surface area (Å²) in [6.45, 7) is 0.0515. The number of hydrogen-bond donors (Lipinski definition) is 1. The molecule has 1 nitrogen and oxygen atoms in total. The quantitative estimate of drug-likeness (QED) is 0.817. The van der Waals surface area contributed by atoms with E-state index < -0.39 is 0 Å². The molecule has 1 aromatic carbocycles. The summed E-state index contributed by atoms with van der Waals surface area (Å²) in [4.78, 5) is 0. The van der Waals surface area contributed by atoms with Crippen LogP contribution in [-0.2, 0) is 6.42 Å². The van der Waals surface area contributed by atoms with Crippen molar-refractivity contribution in [2.45, 2.75) is 6.42 Å². The molecule has 66 valence electrons. The van der Waals surface area contributed by atoms with Gasteiger partial charge in [-0.25, -0.2) is 0 Å². The van der Waals surface area contributed by atoms with E-state index in [-0.39, 0.29) is 6.61 Å². The van der Waals surface area contributed by atoms with Gasteiger partial charge >= 0.3 is 0 Å². The summed E-state index contributed by atoms with van der Waals surface area (Å²) in [5.74, 6) is 0. The highest BCUT2D eigenvalue weighted by atomic mass is 79.9. The Bertz CT molecular complexity index is 289. The lowest BCUT2D eigenvalue weighted by Gasteiger charge is -2.06. The summed E-state index contributed by atoms with van der Waals surface area (Å²) in [5, 5.41) is 9.90. The second-order valence-corrected chi connectivity index (χ2v) is 3.93. The lowest BCUT2D eigenvalue weighted by Crippen LogP contribution is -1.93. The Hall–Kier alpha value is 0.240. The lowest BCUT2D eigenvalue weighted by molar-refractivity contribution is 0.299. The zero-order valence-electron chi connectivity index (χ0n) is 6.15. The fourth-order valence-electron chi connectivity index (χ4n) is 0.910. The van der Waals surface area contributed by atoms with Crippen LogP contribution >= 0.6 is 39.1 Å². The fourth-order valence-corrected chi connectivity index (χ4v) is 1.84. The Labute approximate surface area is 89.4 Å². The fraction of sp³-hybridized carbons (Fsp3) is 0.250. The van der Waals surface area contributed by atoms with E-state index in [9.17, 15) is 0 Å². The molecule has 1 aromatic rings. The third-order valence-electron chi connectivity index (χ3n) is 1.50. The van der Waals surface area contributed by atoms with Crippen LogP contribution in [0, 0.1) is 0 Å². The largest absolute Gasteiger partial charge is 0.396 e. The Morgan fingerprint density at radius 2 is 2.00 bits per heavy atom. The van der Waals surface area contributed by atoms with Crippen LogP contribution in [0.1, 0.15) is 5.56 Å². The van der Waals surface area contributed by atoms with Crippen molar-refractivity contribution in [1.29, 1.82) is 0 Å². The molecule has 0 radical (unpaired) electrons. The highest BCUT2D eigenvalue weighted by Crippen LogP contribution is 2.31. The van der Waals surface area contributed by atoms with E-state index in [0.717, 1.165) is 10.0 Å². The van der Waals surface area contributed by atoms with E-state index >= 15 is 0 Å². The summed E-state index contributed by atoms with van der Waals surface area (Å²) >= 11 is 15.1. The van der Waals surface area contributed by atoms with Crippen molar-refractivity contribution in [1.82, 2.24) is 0 Å². The van der Waals surface area contributed by atoms with Gasteiger partial charge < -0.3 is 5.11 Å². The molecule has 0 aromatic heterocycles. The van der Waals surface area contributed by atoms with Crippen LogP contribution in [0.5, 0.6) is 0 Å². The third-order valence-corrected chi connectivity index (χ3v) is 3.18. The van der Waals surface area contributed by atoms with Gasteiger partial charge in [-0.15, -0.1) is 0 Å². The SMILES string of the molecule is OCCc1c(Cl)ccc(Br)c1Cl. The maximum absolute atomic E-state index is 8.73. The van der Waals surface area contributed by atoms with E-state index in [4.69, 9.17) is 28.3 Å². The van der Waals surface area contributed by atoms with Crippen molar-refractivity contribution in [3.63, 3.8) is 0 Å². The molecule has 0 unspecified atom stereocenters. The van der Waals surface area contributed by atoms with Gasteiger partial charge in [-0.2, -0.15) is 0 Å². The van der Waals surface area contributed by atoms with Gasteiger partial charge in [0.25, 0.3) is 0 Å². The van der Waals surface area contributed by atoms with Gasteiger partial charge in [-0.3, -0.25) is 0 Å². The molecule has 0 aliphatic rings. The van der Waals surface area contributed by atoms with Crippen molar-refractivity contribution in [3.05, 3.63) is 32.2 Å². The third kappa shape index (κ3) is 2.13. The minimum atomic E-state index is 0.0515. The monoisotopic (exact) mass is 268 g/mol. The molecule has 0 spiro atoms. The van der Waals surface area contributed by atoms with Crippen molar-refractivity contribution >= 4 is 39.1 Å². The first kappa shape index (κ1) is 10.3. The molecule has 0 saturated heterocycles. The van der Waals surface area contributed by atoms with Gasteiger partial charge in [-0.05, 0) is 40.0 Å². The molecule has 0 saturated carbocycles. The number of halogens is 3. The second kappa shape index (κ2) is 4.47. The van der Waals surface area contributed by atoms with Crippen LogP contribution < -0.4 is 0 Å². The zero-order valence-corrected chi connectivity index (χ0v) is 9.25. The molecule has 12 heavy (non-hydrogen) atoms. The number of hydrogen-bond acceptors (Lipinski definition) is 1. The average molecular weight is 270 g/mol. The minimum Gasteiger partial charge on any atom is -0.396 e. The highest BCUT2D eigenvalue weighted by Gasteiger charge is 2.07. The molecular formula is C8H7BrCl2O. The van der Waals surface area contributed by atoms with Gasteiger partial charge in [0.05, 0.1) is 5.02 Å². The van der Waals surface area contributed by atoms with Crippen LogP contribution in [0.25, 0.3) is 0 Å². The number of benzene rings is 1. The van der Waals surface area contributed by atoms with E-state index in [2.05, 4.69) is 15.9 Å². The van der Waals surface area contributed by atoms with Crippen molar-refractivity contribution in [2.24, 2.45) is 0 Å². The van der Waals surface area contributed by atoms with E-state index in [0.29, 0.717) is 16.5 Å². The molecule has 0 heterocycles. The molecule has 1 rings (SSSR count). The number of rotatable bonds is 2.